The van der Waals surface area contributed by atoms with Crippen molar-refractivity contribution in [2.24, 2.45) is 0 Å². The van der Waals surface area contributed by atoms with E-state index in [4.69, 9.17) is 11.6 Å². The minimum Gasteiger partial charge on any atom is -0.357 e. The lowest BCUT2D eigenvalue weighted by Gasteiger charge is -2.19. The summed E-state index contributed by atoms with van der Waals surface area (Å²) in [5.74, 6) is 0.513. The Bertz CT molecular complexity index is 644. The summed E-state index contributed by atoms with van der Waals surface area (Å²) in [4.78, 5) is 22.5. The topological polar surface area (TPSA) is 58.1 Å². The molecule has 0 bridgehead atoms. The molecule has 116 valence electrons. The minimum atomic E-state index is -0.240. The predicted molar refractivity (Wildman–Crippen MR) is 88.2 cm³/mol. The number of amides is 1. The smallest absolute Gasteiger partial charge is 0.270 e. The molecule has 0 saturated carbocycles. The fourth-order valence-corrected chi connectivity index (χ4v) is 2.30. The molecule has 1 amide bonds. The Kier molecular flexibility index (Phi) is 5.72. The van der Waals surface area contributed by atoms with Gasteiger partial charge in [0.25, 0.3) is 5.91 Å². The Morgan fingerprint density at radius 2 is 1.95 bits per heavy atom. The largest absolute Gasteiger partial charge is 0.357 e. The molecule has 1 N–H and O–H groups in total. The van der Waals surface area contributed by atoms with Crippen molar-refractivity contribution in [2.45, 2.75) is 20.4 Å². The number of carbonyl (C=O) groups excluding carboxylic acids is 1. The van der Waals surface area contributed by atoms with Crippen molar-refractivity contribution >= 4 is 23.3 Å². The molecule has 0 unspecified atom stereocenters. The van der Waals surface area contributed by atoms with E-state index in [0.29, 0.717) is 17.3 Å². The summed E-state index contributed by atoms with van der Waals surface area (Å²) in [7, 11) is 0. The van der Waals surface area contributed by atoms with Crippen LogP contribution in [0.1, 0.15) is 29.9 Å². The third kappa shape index (κ3) is 3.95. The number of aromatic nitrogens is 2. The zero-order valence-corrected chi connectivity index (χ0v) is 13.5. The van der Waals surface area contributed by atoms with Crippen LogP contribution in [-0.4, -0.2) is 29.0 Å². The highest BCUT2D eigenvalue weighted by atomic mass is 35.5. The lowest BCUT2D eigenvalue weighted by atomic mass is 10.2. The highest BCUT2D eigenvalue weighted by Gasteiger charge is 2.11. The Labute approximate surface area is 135 Å². The molecule has 6 heteroatoms. The molecule has 5 nitrogen and oxygen atoms in total. The maximum atomic E-state index is 12.2. The number of hydrogen-bond acceptors (Lipinski definition) is 4. The van der Waals surface area contributed by atoms with E-state index in [1.165, 1.54) is 6.33 Å². The molecule has 1 heterocycles. The van der Waals surface area contributed by atoms with Gasteiger partial charge < -0.3 is 10.2 Å². The molecule has 0 aliphatic heterocycles. The van der Waals surface area contributed by atoms with Gasteiger partial charge in [-0.2, -0.15) is 0 Å². The van der Waals surface area contributed by atoms with Gasteiger partial charge in [-0.15, -0.1) is 0 Å². The van der Waals surface area contributed by atoms with E-state index in [1.807, 2.05) is 32.0 Å². The lowest BCUT2D eigenvalue weighted by Crippen LogP contribution is -2.26. The first-order chi connectivity index (χ1) is 10.7. The van der Waals surface area contributed by atoms with Crippen LogP contribution in [0.2, 0.25) is 5.02 Å². The van der Waals surface area contributed by atoms with E-state index in [-0.39, 0.29) is 5.91 Å². The van der Waals surface area contributed by atoms with Crippen LogP contribution in [0.25, 0.3) is 0 Å². The van der Waals surface area contributed by atoms with Crippen LogP contribution < -0.4 is 10.2 Å². The number of anilines is 1. The van der Waals surface area contributed by atoms with Crippen molar-refractivity contribution in [2.75, 3.05) is 18.0 Å². The van der Waals surface area contributed by atoms with Gasteiger partial charge in [0.15, 0.2) is 0 Å². The van der Waals surface area contributed by atoms with Gasteiger partial charge in [-0.3, -0.25) is 4.79 Å². The molecule has 0 radical (unpaired) electrons. The number of hydrogen-bond donors (Lipinski definition) is 1. The third-order valence-electron chi connectivity index (χ3n) is 3.37. The number of nitrogens with zero attached hydrogens (tertiary/aromatic N) is 3. The summed E-state index contributed by atoms with van der Waals surface area (Å²) in [6.45, 7) is 6.11. The van der Waals surface area contributed by atoms with Gasteiger partial charge in [0, 0.05) is 30.7 Å². The maximum absolute atomic E-state index is 12.2. The molecule has 1 aromatic heterocycles. The molecule has 0 aliphatic carbocycles. The molecule has 2 rings (SSSR count). The van der Waals surface area contributed by atoms with Crippen LogP contribution in [0, 0.1) is 0 Å². The Morgan fingerprint density at radius 1 is 1.23 bits per heavy atom. The Balaban J connectivity index is 2.07. The quantitative estimate of drug-likeness (QED) is 0.889. The normalized spacial score (nSPS) is 10.3. The standard InChI is InChI=1S/C16H19ClN4O/c1-3-21(4-2)15-9-14(19-11-20-15)16(22)18-10-12-7-5-6-8-13(12)17/h5-9,11H,3-4,10H2,1-2H3,(H,18,22). The second-order valence-electron chi connectivity index (χ2n) is 4.71. The molecular weight excluding hydrogens is 300 g/mol. The van der Waals surface area contributed by atoms with Gasteiger partial charge in [0.05, 0.1) is 0 Å². The fourth-order valence-electron chi connectivity index (χ4n) is 2.10. The van der Waals surface area contributed by atoms with Crippen molar-refractivity contribution in [3.8, 4) is 0 Å². The molecule has 0 aliphatic rings. The van der Waals surface area contributed by atoms with Crippen LogP contribution in [0.5, 0.6) is 0 Å². The number of halogens is 1. The molecule has 0 fully saturated rings. The zero-order chi connectivity index (χ0) is 15.9. The second-order valence-corrected chi connectivity index (χ2v) is 5.12. The number of carbonyl (C=O) groups is 1. The first-order valence-electron chi connectivity index (χ1n) is 7.24. The third-order valence-corrected chi connectivity index (χ3v) is 3.74. The monoisotopic (exact) mass is 318 g/mol. The summed E-state index contributed by atoms with van der Waals surface area (Å²) in [5.41, 5.74) is 1.22. The van der Waals surface area contributed by atoms with Crippen molar-refractivity contribution < 1.29 is 4.79 Å². The van der Waals surface area contributed by atoms with E-state index < -0.39 is 0 Å². The molecule has 1 aromatic carbocycles. The SMILES string of the molecule is CCN(CC)c1cc(C(=O)NCc2ccccc2Cl)ncn1. The van der Waals surface area contributed by atoms with E-state index in [0.717, 1.165) is 24.5 Å². The number of nitrogens with one attached hydrogen (secondary N) is 1. The first-order valence-corrected chi connectivity index (χ1v) is 7.62. The summed E-state index contributed by atoms with van der Waals surface area (Å²) >= 11 is 6.07. The second kappa shape index (κ2) is 7.75. The van der Waals surface area contributed by atoms with Gasteiger partial charge in [0.1, 0.15) is 17.8 Å². The summed E-state index contributed by atoms with van der Waals surface area (Å²) in [6, 6.07) is 9.12. The van der Waals surface area contributed by atoms with E-state index in [2.05, 4.69) is 20.2 Å². The summed E-state index contributed by atoms with van der Waals surface area (Å²) in [6.07, 6.45) is 1.41. The summed E-state index contributed by atoms with van der Waals surface area (Å²) < 4.78 is 0. The molecule has 2 aromatic rings. The Morgan fingerprint density at radius 3 is 2.64 bits per heavy atom. The zero-order valence-electron chi connectivity index (χ0n) is 12.7. The van der Waals surface area contributed by atoms with Gasteiger partial charge in [-0.1, -0.05) is 29.8 Å². The average molecular weight is 319 g/mol. The lowest BCUT2D eigenvalue weighted by molar-refractivity contribution is 0.0946. The van der Waals surface area contributed by atoms with Crippen molar-refractivity contribution in [3.05, 3.63) is 52.9 Å². The van der Waals surface area contributed by atoms with E-state index in [1.54, 1.807) is 12.1 Å². The van der Waals surface area contributed by atoms with Crippen LogP contribution in [0.3, 0.4) is 0 Å². The van der Waals surface area contributed by atoms with Crippen molar-refractivity contribution in [1.29, 1.82) is 0 Å². The molecule has 0 spiro atoms. The van der Waals surface area contributed by atoms with E-state index >= 15 is 0 Å². The average Bonchev–Trinajstić information content (AvgIpc) is 2.55. The van der Waals surface area contributed by atoms with Crippen molar-refractivity contribution in [3.63, 3.8) is 0 Å². The maximum Gasteiger partial charge on any atom is 0.270 e. The predicted octanol–water partition coefficient (Wildman–Crippen LogP) is 2.91. The molecule has 0 saturated heterocycles. The number of benzene rings is 1. The fraction of sp³-hybridized carbons (Fsp3) is 0.312. The van der Waals surface area contributed by atoms with E-state index in [9.17, 15) is 4.79 Å². The molecular formula is C16H19ClN4O. The highest BCUT2D eigenvalue weighted by Crippen LogP contribution is 2.15. The highest BCUT2D eigenvalue weighted by molar-refractivity contribution is 6.31. The number of rotatable bonds is 6. The van der Waals surface area contributed by atoms with Crippen LogP contribution in [-0.2, 0) is 6.54 Å². The molecule has 22 heavy (non-hydrogen) atoms. The van der Waals surface area contributed by atoms with Crippen molar-refractivity contribution in [1.82, 2.24) is 15.3 Å². The van der Waals surface area contributed by atoms with Gasteiger partial charge in [-0.05, 0) is 25.5 Å². The van der Waals surface area contributed by atoms with Crippen LogP contribution in [0.4, 0.5) is 5.82 Å². The van der Waals surface area contributed by atoms with Crippen LogP contribution in [0.15, 0.2) is 36.7 Å². The summed E-state index contributed by atoms with van der Waals surface area (Å²) in [5, 5.41) is 3.46. The van der Waals surface area contributed by atoms with Gasteiger partial charge in [0.2, 0.25) is 0 Å². The van der Waals surface area contributed by atoms with Gasteiger partial charge >= 0.3 is 0 Å². The molecule has 0 atom stereocenters. The first kappa shape index (κ1) is 16.2. The minimum absolute atomic E-state index is 0.240. The van der Waals surface area contributed by atoms with Gasteiger partial charge in [-0.25, -0.2) is 9.97 Å². The Hall–Kier alpha value is -2.14. The van der Waals surface area contributed by atoms with Crippen LogP contribution >= 0.6 is 11.6 Å².